The van der Waals surface area contributed by atoms with Crippen LogP contribution >= 0.6 is 0 Å². The third-order valence-electron chi connectivity index (χ3n) is 6.89. The summed E-state index contributed by atoms with van der Waals surface area (Å²) in [6.07, 6.45) is 7.62. The predicted octanol–water partition coefficient (Wildman–Crippen LogP) is 3.69. The van der Waals surface area contributed by atoms with Crippen molar-refractivity contribution in [1.82, 2.24) is 0 Å². The molecular formula is C20H30O4. The monoisotopic (exact) mass is 334 g/mol. The highest BCUT2D eigenvalue weighted by Gasteiger charge is 2.53. The van der Waals surface area contributed by atoms with E-state index in [1.54, 1.807) is 0 Å². The van der Waals surface area contributed by atoms with E-state index in [4.69, 9.17) is 9.47 Å². The van der Waals surface area contributed by atoms with E-state index in [0.717, 1.165) is 37.7 Å². The molecule has 5 atom stereocenters. The summed E-state index contributed by atoms with van der Waals surface area (Å²) in [6, 6.07) is 0. The maximum atomic E-state index is 12.6. The minimum Gasteiger partial charge on any atom is -0.469 e. The van der Waals surface area contributed by atoms with Crippen molar-refractivity contribution in [3.8, 4) is 0 Å². The lowest BCUT2D eigenvalue weighted by Crippen LogP contribution is -2.48. The number of ether oxygens (including phenoxy) is 2. The summed E-state index contributed by atoms with van der Waals surface area (Å²) in [4.78, 5) is 25.1. The van der Waals surface area contributed by atoms with E-state index in [1.807, 2.05) is 6.92 Å². The summed E-state index contributed by atoms with van der Waals surface area (Å²) in [7, 11) is 1.45. The average Bonchev–Trinajstić information content (AvgIpc) is 2.77. The molecule has 0 aromatic carbocycles. The van der Waals surface area contributed by atoms with Crippen molar-refractivity contribution < 1.29 is 19.1 Å². The quantitative estimate of drug-likeness (QED) is 0.739. The van der Waals surface area contributed by atoms with Crippen molar-refractivity contribution in [2.75, 3.05) is 13.7 Å². The standard InChI is InChI=1S/C20H30O4/c1-5-24-16-7-9-20(3)11-10-19(2)8-6-15(21)13(19)12-14(20)17(16)18(22)23-4/h12,14,16-17H,5-11H2,1-4H3/t14-,16-,17+,19-,20-/m0/s1. The molecule has 2 saturated carbocycles. The van der Waals surface area contributed by atoms with Crippen LogP contribution in [0.2, 0.25) is 0 Å². The number of hydrogen-bond acceptors (Lipinski definition) is 4. The number of fused-ring (bicyclic) bond motifs is 2. The highest BCUT2D eigenvalue weighted by Crippen LogP contribution is 2.57. The van der Waals surface area contributed by atoms with Crippen LogP contribution in [0.1, 0.15) is 59.3 Å². The number of Topliss-reactive ketones (excluding diaryl/α,β-unsaturated/α-hetero) is 1. The van der Waals surface area contributed by atoms with Gasteiger partial charge in [-0.2, -0.15) is 0 Å². The minimum absolute atomic E-state index is 0.0147. The molecule has 0 saturated heterocycles. The molecular weight excluding hydrogens is 304 g/mol. The normalized spacial score (nSPS) is 41.9. The van der Waals surface area contributed by atoms with E-state index < -0.39 is 0 Å². The zero-order chi connectivity index (χ0) is 17.5. The van der Waals surface area contributed by atoms with Gasteiger partial charge in [0.25, 0.3) is 0 Å². The lowest BCUT2D eigenvalue weighted by Gasteiger charge is -2.47. The molecule has 3 aliphatic carbocycles. The Balaban J connectivity index is 2.05. The van der Waals surface area contributed by atoms with Crippen molar-refractivity contribution in [2.24, 2.45) is 22.7 Å². The summed E-state index contributed by atoms with van der Waals surface area (Å²) < 4.78 is 11.0. The van der Waals surface area contributed by atoms with Gasteiger partial charge in [-0.05, 0) is 61.3 Å². The third kappa shape index (κ3) is 2.73. The zero-order valence-electron chi connectivity index (χ0n) is 15.4. The number of rotatable bonds is 3. The van der Waals surface area contributed by atoms with Gasteiger partial charge >= 0.3 is 5.97 Å². The van der Waals surface area contributed by atoms with E-state index in [-0.39, 0.29) is 40.5 Å². The van der Waals surface area contributed by atoms with Crippen molar-refractivity contribution in [3.05, 3.63) is 11.6 Å². The van der Waals surface area contributed by atoms with Crippen molar-refractivity contribution in [2.45, 2.75) is 65.4 Å². The topological polar surface area (TPSA) is 52.6 Å². The van der Waals surface area contributed by atoms with Gasteiger partial charge in [0.2, 0.25) is 0 Å². The second kappa shape index (κ2) is 6.29. The molecule has 3 rings (SSSR count). The summed E-state index contributed by atoms with van der Waals surface area (Å²) in [6.45, 7) is 7.05. The predicted molar refractivity (Wildman–Crippen MR) is 91.4 cm³/mol. The van der Waals surface area contributed by atoms with E-state index in [1.165, 1.54) is 7.11 Å². The van der Waals surface area contributed by atoms with E-state index in [0.29, 0.717) is 13.0 Å². The number of hydrogen-bond donors (Lipinski definition) is 0. The number of carbonyl (C=O) groups is 2. The van der Waals surface area contributed by atoms with Crippen LogP contribution < -0.4 is 0 Å². The van der Waals surface area contributed by atoms with Crippen LogP contribution in [0.15, 0.2) is 11.6 Å². The summed E-state index contributed by atoms with van der Waals surface area (Å²) in [5.74, 6) is -0.217. The molecule has 0 radical (unpaired) electrons. The lowest BCUT2D eigenvalue weighted by molar-refractivity contribution is -0.161. The van der Waals surface area contributed by atoms with E-state index >= 15 is 0 Å². The van der Waals surface area contributed by atoms with Gasteiger partial charge < -0.3 is 9.47 Å². The number of esters is 1. The molecule has 0 heterocycles. The highest BCUT2D eigenvalue weighted by atomic mass is 16.5. The molecule has 0 aromatic heterocycles. The van der Waals surface area contributed by atoms with Crippen LogP contribution in [-0.4, -0.2) is 31.6 Å². The summed E-state index contributed by atoms with van der Waals surface area (Å²) in [5, 5.41) is 0. The van der Waals surface area contributed by atoms with E-state index in [2.05, 4.69) is 19.9 Å². The molecule has 2 fully saturated rings. The Morgan fingerprint density at radius 1 is 1.25 bits per heavy atom. The fourth-order valence-electron chi connectivity index (χ4n) is 5.21. The molecule has 0 amide bonds. The number of ketones is 1. The van der Waals surface area contributed by atoms with Crippen molar-refractivity contribution in [1.29, 1.82) is 0 Å². The fraction of sp³-hybridized carbons (Fsp3) is 0.800. The number of carbonyl (C=O) groups excluding carboxylic acids is 2. The van der Waals surface area contributed by atoms with E-state index in [9.17, 15) is 9.59 Å². The first kappa shape index (κ1) is 17.7. The first-order valence-corrected chi connectivity index (χ1v) is 9.29. The highest BCUT2D eigenvalue weighted by molar-refractivity contribution is 5.99. The molecule has 4 heteroatoms. The van der Waals surface area contributed by atoms with Gasteiger partial charge in [0.1, 0.15) is 0 Å². The van der Waals surface area contributed by atoms with Gasteiger partial charge in [-0.15, -0.1) is 0 Å². The Kier molecular flexibility index (Phi) is 4.63. The molecule has 134 valence electrons. The molecule has 4 nitrogen and oxygen atoms in total. The Morgan fingerprint density at radius 2 is 2.00 bits per heavy atom. The SMILES string of the molecule is CCO[C@H]1CC[C@@]2(C)CC[C@]3(C)CCC(=O)C3=C[C@H]2[C@H]1C(=O)OC. The molecule has 0 aliphatic heterocycles. The molecule has 0 aromatic rings. The number of allylic oxidation sites excluding steroid dienone is 2. The van der Waals surface area contributed by atoms with Crippen molar-refractivity contribution in [3.63, 3.8) is 0 Å². The Bertz CT molecular complexity index is 566. The first-order valence-electron chi connectivity index (χ1n) is 9.29. The summed E-state index contributed by atoms with van der Waals surface area (Å²) >= 11 is 0. The van der Waals surface area contributed by atoms with Crippen LogP contribution in [0.5, 0.6) is 0 Å². The second-order valence-electron chi connectivity index (χ2n) is 8.33. The van der Waals surface area contributed by atoms with Crippen molar-refractivity contribution >= 4 is 11.8 Å². The summed E-state index contributed by atoms with van der Waals surface area (Å²) in [5.41, 5.74) is 0.981. The molecule has 0 bridgehead atoms. The molecule has 0 N–H and O–H groups in total. The largest absolute Gasteiger partial charge is 0.469 e. The average molecular weight is 334 g/mol. The lowest BCUT2D eigenvalue weighted by atomic mass is 9.60. The molecule has 0 spiro atoms. The van der Waals surface area contributed by atoms with Crippen LogP contribution in [0.3, 0.4) is 0 Å². The van der Waals surface area contributed by atoms with Gasteiger partial charge in [-0.3, -0.25) is 9.59 Å². The van der Waals surface area contributed by atoms with Gasteiger partial charge in [-0.25, -0.2) is 0 Å². The zero-order valence-corrected chi connectivity index (χ0v) is 15.4. The maximum absolute atomic E-state index is 12.6. The van der Waals surface area contributed by atoms with Crippen LogP contribution in [0.4, 0.5) is 0 Å². The second-order valence-corrected chi connectivity index (χ2v) is 8.33. The van der Waals surface area contributed by atoms with Gasteiger partial charge in [0, 0.05) is 13.0 Å². The van der Waals surface area contributed by atoms with Crippen LogP contribution in [0, 0.1) is 22.7 Å². The van der Waals surface area contributed by atoms with Crippen LogP contribution in [0.25, 0.3) is 0 Å². The Hall–Kier alpha value is -1.16. The van der Waals surface area contributed by atoms with Gasteiger partial charge in [0.05, 0.1) is 19.1 Å². The molecule has 3 aliphatic rings. The molecule has 0 unspecified atom stereocenters. The van der Waals surface area contributed by atoms with Crippen LogP contribution in [-0.2, 0) is 19.1 Å². The Labute approximate surface area is 145 Å². The molecule has 24 heavy (non-hydrogen) atoms. The minimum atomic E-state index is -0.308. The Morgan fingerprint density at radius 3 is 2.67 bits per heavy atom. The van der Waals surface area contributed by atoms with Gasteiger partial charge in [-0.1, -0.05) is 19.9 Å². The van der Waals surface area contributed by atoms with Gasteiger partial charge in [0.15, 0.2) is 5.78 Å². The smallest absolute Gasteiger partial charge is 0.311 e. The number of methoxy groups -OCH3 is 1. The fourth-order valence-corrected chi connectivity index (χ4v) is 5.21. The maximum Gasteiger partial charge on any atom is 0.311 e. The first-order chi connectivity index (χ1) is 11.3. The third-order valence-corrected chi connectivity index (χ3v) is 6.89.